The summed E-state index contributed by atoms with van der Waals surface area (Å²) in [7, 11) is 0. The molecule has 100 valence electrons. The molecule has 5 heteroatoms. The smallest absolute Gasteiger partial charge is 0.132 e. The summed E-state index contributed by atoms with van der Waals surface area (Å²) in [5.74, 6) is 2.95. The Morgan fingerprint density at radius 2 is 2.28 bits per heavy atom. The van der Waals surface area contributed by atoms with Crippen LogP contribution in [0.15, 0.2) is 6.07 Å². The molecule has 3 N–H and O–H groups in total. The highest BCUT2D eigenvalue weighted by molar-refractivity contribution is 5.44. The minimum Gasteiger partial charge on any atom is -0.384 e. The van der Waals surface area contributed by atoms with Crippen molar-refractivity contribution in [2.75, 3.05) is 30.8 Å². The fourth-order valence-electron chi connectivity index (χ4n) is 1.69. The number of hydrogen-bond donors (Lipinski definition) is 2. The van der Waals surface area contributed by atoms with Gasteiger partial charge in [-0.15, -0.1) is 0 Å². The molecule has 0 aromatic carbocycles. The molecule has 1 aliphatic rings. The number of ether oxygens (including phenoxy) is 1. The second kappa shape index (κ2) is 6.54. The molecule has 0 saturated heterocycles. The SMILES string of the molecule is CCc1nc(N)cc(NCCCOCC2CC2)n1. The van der Waals surface area contributed by atoms with Crippen molar-refractivity contribution >= 4 is 11.6 Å². The minimum absolute atomic E-state index is 0.523. The van der Waals surface area contributed by atoms with E-state index in [9.17, 15) is 0 Å². The number of aromatic nitrogens is 2. The summed E-state index contributed by atoms with van der Waals surface area (Å²) in [5, 5.41) is 3.25. The van der Waals surface area contributed by atoms with Gasteiger partial charge in [0.1, 0.15) is 17.5 Å². The number of nitrogens with one attached hydrogen (secondary N) is 1. The summed E-state index contributed by atoms with van der Waals surface area (Å²) in [4.78, 5) is 8.50. The van der Waals surface area contributed by atoms with Crippen LogP contribution >= 0.6 is 0 Å². The average molecular weight is 250 g/mol. The molecule has 1 saturated carbocycles. The van der Waals surface area contributed by atoms with Gasteiger partial charge >= 0.3 is 0 Å². The van der Waals surface area contributed by atoms with Crippen molar-refractivity contribution in [3.05, 3.63) is 11.9 Å². The summed E-state index contributed by atoms with van der Waals surface area (Å²) >= 11 is 0. The van der Waals surface area contributed by atoms with Gasteiger partial charge in [0.05, 0.1) is 0 Å². The molecule has 1 aliphatic carbocycles. The van der Waals surface area contributed by atoms with Gasteiger partial charge in [-0.05, 0) is 25.2 Å². The van der Waals surface area contributed by atoms with E-state index < -0.39 is 0 Å². The van der Waals surface area contributed by atoms with Crippen LogP contribution in [0.4, 0.5) is 11.6 Å². The highest BCUT2D eigenvalue weighted by atomic mass is 16.5. The van der Waals surface area contributed by atoms with Crippen LogP contribution < -0.4 is 11.1 Å². The fourth-order valence-corrected chi connectivity index (χ4v) is 1.69. The Balaban J connectivity index is 1.63. The van der Waals surface area contributed by atoms with Crippen LogP contribution in [0.25, 0.3) is 0 Å². The molecule has 2 rings (SSSR count). The van der Waals surface area contributed by atoms with Gasteiger partial charge < -0.3 is 15.8 Å². The first kappa shape index (κ1) is 13.1. The number of rotatable bonds is 8. The van der Waals surface area contributed by atoms with Gasteiger partial charge in [-0.3, -0.25) is 0 Å². The van der Waals surface area contributed by atoms with E-state index in [0.29, 0.717) is 5.82 Å². The van der Waals surface area contributed by atoms with Gasteiger partial charge in [-0.25, -0.2) is 9.97 Å². The predicted molar refractivity (Wildman–Crippen MR) is 72.5 cm³/mol. The number of anilines is 2. The van der Waals surface area contributed by atoms with Crippen LogP contribution in [0, 0.1) is 5.92 Å². The maximum Gasteiger partial charge on any atom is 0.132 e. The number of hydrogen-bond acceptors (Lipinski definition) is 5. The molecule has 0 radical (unpaired) electrons. The van der Waals surface area contributed by atoms with Gasteiger partial charge in [-0.1, -0.05) is 6.92 Å². The molecule has 1 aromatic rings. The number of nitrogens with two attached hydrogens (primary N) is 1. The van der Waals surface area contributed by atoms with E-state index in [1.165, 1.54) is 12.8 Å². The molecule has 5 nitrogen and oxygen atoms in total. The van der Waals surface area contributed by atoms with Crippen molar-refractivity contribution in [3.63, 3.8) is 0 Å². The van der Waals surface area contributed by atoms with Crippen LogP contribution in [0.2, 0.25) is 0 Å². The molecule has 1 aromatic heterocycles. The first-order chi connectivity index (χ1) is 8.78. The molecular formula is C13H22N4O. The predicted octanol–water partition coefficient (Wildman–Crippen LogP) is 1.85. The summed E-state index contributed by atoms with van der Waals surface area (Å²) in [6.07, 6.45) is 4.47. The van der Waals surface area contributed by atoms with Gasteiger partial charge in [0.25, 0.3) is 0 Å². The number of nitrogens with zero attached hydrogens (tertiary/aromatic N) is 2. The van der Waals surface area contributed by atoms with E-state index in [0.717, 1.165) is 50.2 Å². The molecular weight excluding hydrogens is 228 g/mol. The topological polar surface area (TPSA) is 73.1 Å². The van der Waals surface area contributed by atoms with Crippen molar-refractivity contribution in [3.8, 4) is 0 Å². The third-order valence-electron chi connectivity index (χ3n) is 2.93. The van der Waals surface area contributed by atoms with Crippen LogP contribution in [0.3, 0.4) is 0 Å². The van der Waals surface area contributed by atoms with Crippen LogP contribution in [0.5, 0.6) is 0 Å². The van der Waals surface area contributed by atoms with Crippen molar-refractivity contribution in [1.29, 1.82) is 0 Å². The first-order valence-electron chi connectivity index (χ1n) is 6.73. The average Bonchev–Trinajstić information content (AvgIpc) is 3.17. The van der Waals surface area contributed by atoms with E-state index in [1.54, 1.807) is 6.07 Å². The van der Waals surface area contributed by atoms with Crippen LogP contribution in [0.1, 0.15) is 32.0 Å². The maximum absolute atomic E-state index is 5.71. The van der Waals surface area contributed by atoms with Gasteiger partial charge in [0.2, 0.25) is 0 Å². The lowest BCUT2D eigenvalue weighted by molar-refractivity contribution is 0.124. The molecule has 1 fully saturated rings. The van der Waals surface area contributed by atoms with Crippen molar-refractivity contribution in [2.24, 2.45) is 5.92 Å². The molecule has 0 bridgehead atoms. The number of aryl methyl sites for hydroxylation is 1. The van der Waals surface area contributed by atoms with Crippen molar-refractivity contribution in [1.82, 2.24) is 9.97 Å². The zero-order chi connectivity index (χ0) is 12.8. The molecule has 1 heterocycles. The lowest BCUT2D eigenvalue weighted by atomic mass is 10.4. The Morgan fingerprint density at radius 1 is 1.44 bits per heavy atom. The number of nitrogen functional groups attached to an aromatic ring is 1. The van der Waals surface area contributed by atoms with Crippen molar-refractivity contribution < 1.29 is 4.74 Å². The molecule has 0 amide bonds. The highest BCUT2D eigenvalue weighted by Gasteiger charge is 2.20. The van der Waals surface area contributed by atoms with Crippen LogP contribution in [-0.2, 0) is 11.2 Å². The first-order valence-corrected chi connectivity index (χ1v) is 6.73. The second-order valence-corrected chi connectivity index (χ2v) is 4.75. The molecule has 0 spiro atoms. The Morgan fingerprint density at radius 3 is 3.00 bits per heavy atom. The molecule has 0 aliphatic heterocycles. The second-order valence-electron chi connectivity index (χ2n) is 4.75. The standard InChI is InChI=1S/C13H22N4O/c1-2-12-16-11(14)8-13(17-12)15-6-3-7-18-9-10-4-5-10/h8,10H,2-7,9H2,1H3,(H3,14,15,16,17). The Hall–Kier alpha value is -1.36. The van der Waals surface area contributed by atoms with Crippen molar-refractivity contribution in [2.45, 2.75) is 32.6 Å². The normalized spacial score (nSPS) is 14.7. The van der Waals surface area contributed by atoms with E-state index in [2.05, 4.69) is 15.3 Å². The quantitative estimate of drug-likeness (QED) is 0.689. The summed E-state index contributed by atoms with van der Waals surface area (Å²) in [6, 6.07) is 1.77. The van der Waals surface area contributed by atoms with Gasteiger partial charge in [0.15, 0.2) is 0 Å². The van der Waals surface area contributed by atoms with E-state index >= 15 is 0 Å². The van der Waals surface area contributed by atoms with E-state index in [4.69, 9.17) is 10.5 Å². The fraction of sp³-hybridized carbons (Fsp3) is 0.692. The zero-order valence-corrected chi connectivity index (χ0v) is 11.0. The zero-order valence-electron chi connectivity index (χ0n) is 11.0. The minimum atomic E-state index is 0.523. The van der Waals surface area contributed by atoms with Crippen LogP contribution in [-0.4, -0.2) is 29.7 Å². The Bertz CT molecular complexity index is 379. The lowest BCUT2D eigenvalue weighted by Crippen LogP contribution is -2.10. The third kappa shape index (κ3) is 4.49. The molecule has 18 heavy (non-hydrogen) atoms. The van der Waals surface area contributed by atoms with Gasteiger partial charge in [0, 0.05) is 32.2 Å². The lowest BCUT2D eigenvalue weighted by Gasteiger charge is -2.08. The highest BCUT2D eigenvalue weighted by Crippen LogP contribution is 2.28. The largest absolute Gasteiger partial charge is 0.384 e. The monoisotopic (exact) mass is 250 g/mol. The summed E-state index contributed by atoms with van der Waals surface area (Å²) in [5.41, 5.74) is 5.71. The molecule has 0 unspecified atom stereocenters. The van der Waals surface area contributed by atoms with E-state index in [-0.39, 0.29) is 0 Å². The van der Waals surface area contributed by atoms with E-state index in [1.807, 2.05) is 6.92 Å². The third-order valence-corrected chi connectivity index (χ3v) is 2.93. The summed E-state index contributed by atoms with van der Waals surface area (Å²) in [6.45, 7) is 4.61. The van der Waals surface area contributed by atoms with Gasteiger partial charge in [-0.2, -0.15) is 0 Å². The summed E-state index contributed by atoms with van der Waals surface area (Å²) < 4.78 is 5.57. The Kier molecular flexibility index (Phi) is 4.75. The Labute approximate surface area is 108 Å². The molecule has 0 atom stereocenters. The maximum atomic E-state index is 5.71.